The van der Waals surface area contributed by atoms with E-state index in [1.165, 1.54) is 6.07 Å². The van der Waals surface area contributed by atoms with E-state index in [0.29, 0.717) is 25.3 Å². The maximum atomic E-state index is 12.2. The molecule has 20 heavy (non-hydrogen) atoms. The van der Waals surface area contributed by atoms with Gasteiger partial charge in [-0.15, -0.1) is 0 Å². The van der Waals surface area contributed by atoms with Gasteiger partial charge >= 0.3 is 0 Å². The van der Waals surface area contributed by atoms with Crippen molar-refractivity contribution in [3.8, 4) is 0 Å². The summed E-state index contributed by atoms with van der Waals surface area (Å²) in [6.45, 7) is 2.79. The van der Waals surface area contributed by atoms with E-state index in [4.69, 9.17) is 0 Å². The molecule has 7 nitrogen and oxygen atoms in total. The molecule has 0 radical (unpaired) electrons. The monoisotopic (exact) mass is 295 g/mol. The van der Waals surface area contributed by atoms with Gasteiger partial charge in [-0.2, -0.15) is 0 Å². The Labute approximate surface area is 117 Å². The molecule has 3 N–H and O–H groups in total. The van der Waals surface area contributed by atoms with Crippen molar-refractivity contribution in [3.63, 3.8) is 0 Å². The summed E-state index contributed by atoms with van der Waals surface area (Å²) in [6.07, 6.45) is 5.34. The number of H-pyrrole nitrogens is 1. The molecule has 0 spiro atoms. The van der Waals surface area contributed by atoms with Crippen LogP contribution in [-0.2, 0) is 16.4 Å². The summed E-state index contributed by atoms with van der Waals surface area (Å²) >= 11 is 0. The van der Waals surface area contributed by atoms with Crippen LogP contribution in [0.5, 0.6) is 0 Å². The minimum atomic E-state index is -3.58. The van der Waals surface area contributed by atoms with Crippen LogP contribution in [0.4, 0.5) is 5.82 Å². The van der Waals surface area contributed by atoms with Crippen molar-refractivity contribution < 1.29 is 8.42 Å². The highest BCUT2D eigenvalue weighted by Gasteiger charge is 2.18. The van der Waals surface area contributed by atoms with Crippen LogP contribution in [0.3, 0.4) is 0 Å². The second-order valence-electron chi connectivity index (χ2n) is 4.11. The lowest BCUT2D eigenvalue weighted by Gasteiger charge is -2.10. The molecule has 0 saturated heterocycles. The number of hydrogen-bond acceptors (Lipinski definition) is 5. The van der Waals surface area contributed by atoms with E-state index in [9.17, 15) is 8.42 Å². The molecule has 0 aliphatic heterocycles. The summed E-state index contributed by atoms with van der Waals surface area (Å²) in [4.78, 5) is 11.0. The Morgan fingerprint density at radius 1 is 1.40 bits per heavy atom. The van der Waals surface area contributed by atoms with E-state index < -0.39 is 10.0 Å². The molecule has 0 amide bonds. The summed E-state index contributed by atoms with van der Waals surface area (Å²) in [5, 5.41) is 2.94. The van der Waals surface area contributed by atoms with Crippen molar-refractivity contribution in [2.75, 3.05) is 18.4 Å². The standard InChI is InChI=1S/C12H17N5O2S/c1-2-14-12-11(4-3-6-15-12)20(18,19)17-7-5-10-8-13-9-16-10/h3-4,6,8-9,17H,2,5,7H2,1H3,(H,13,16)(H,14,15). The minimum absolute atomic E-state index is 0.159. The molecular formula is C12H17N5O2S. The van der Waals surface area contributed by atoms with Crippen LogP contribution in [0.1, 0.15) is 12.6 Å². The summed E-state index contributed by atoms with van der Waals surface area (Å²) < 4.78 is 27.0. The number of sulfonamides is 1. The van der Waals surface area contributed by atoms with Crippen LogP contribution in [0, 0.1) is 0 Å². The third-order valence-corrected chi connectivity index (χ3v) is 4.14. The van der Waals surface area contributed by atoms with Crippen molar-refractivity contribution in [2.24, 2.45) is 0 Å². The average Bonchev–Trinajstić information content (AvgIpc) is 2.92. The van der Waals surface area contributed by atoms with Gasteiger partial charge in [0.1, 0.15) is 10.7 Å². The molecule has 8 heteroatoms. The smallest absolute Gasteiger partial charge is 0.244 e. The Bertz CT molecular complexity index is 640. The van der Waals surface area contributed by atoms with E-state index >= 15 is 0 Å². The first-order valence-corrected chi connectivity index (χ1v) is 7.77. The van der Waals surface area contributed by atoms with Crippen molar-refractivity contribution in [3.05, 3.63) is 36.5 Å². The summed E-state index contributed by atoms with van der Waals surface area (Å²) in [6, 6.07) is 3.13. The van der Waals surface area contributed by atoms with Gasteiger partial charge in [-0.3, -0.25) is 0 Å². The zero-order valence-electron chi connectivity index (χ0n) is 11.1. The number of pyridine rings is 1. The number of hydrogen-bond donors (Lipinski definition) is 3. The Kier molecular flexibility index (Phi) is 4.70. The fourth-order valence-electron chi connectivity index (χ4n) is 1.73. The van der Waals surface area contributed by atoms with Crippen LogP contribution in [-0.4, -0.2) is 36.5 Å². The number of aromatic nitrogens is 3. The van der Waals surface area contributed by atoms with E-state index in [1.54, 1.807) is 24.8 Å². The van der Waals surface area contributed by atoms with Gasteiger partial charge in [0.15, 0.2) is 0 Å². The first kappa shape index (κ1) is 14.5. The predicted molar refractivity (Wildman–Crippen MR) is 75.9 cm³/mol. The number of rotatable bonds is 7. The number of nitrogens with one attached hydrogen (secondary N) is 3. The van der Waals surface area contributed by atoms with E-state index in [0.717, 1.165) is 5.69 Å². The molecule has 2 rings (SSSR count). The Hall–Kier alpha value is -1.93. The molecule has 0 atom stereocenters. The molecule has 0 unspecified atom stereocenters. The van der Waals surface area contributed by atoms with Crippen LogP contribution in [0.25, 0.3) is 0 Å². The molecule has 108 valence electrons. The van der Waals surface area contributed by atoms with Gasteiger partial charge in [0.05, 0.1) is 6.33 Å². The predicted octanol–water partition coefficient (Wildman–Crippen LogP) is 0.757. The number of aromatic amines is 1. The molecule has 2 aromatic heterocycles. The molecule has 0 saturated carbocycles. The summed E-state index contributed by atoms with van der Waals surface area (Å²) in [7, 11) is -3.58. The SMILES string of the molecule is CCNc1ncccc1S(=O)(=O)NCCc1cnc[nH]1. The molecule has 0 aliphatic carbocycles. The van der Waals surface area contributed by atoms with E-state index in [2.05, 4.69) is 25.0 Å². The Morgan fingerprint density at radius 3 is 2.95 bits per heavy atom. The molecule has 2 heterocycles. The topological polar surface area (TPSA) is 99.8 Å². The normalized spacial score (nSPS) is 11.4. The fraction of sp³-hybridized carbons (Fsp3) is 0.333. The summed E-state index contributed by atoms with van der Waals surface area (Å²) in [5.41, 5.74) is 0.880. The summed E-state index contributed by atoms with van der Waals surface area (Å²) in [5.74, 6) is 0.365. The van der Waals surface area contributed by atoms with Crippen LogP contribution < -0.4 is 10.0 Å². The zero-order valence-corrected chi connectivity index (χ0v) is 11.9. The zero-order chi connectivity index (χ0) is 14.4. The van der Waals surface area contributed by atoms with Gasteiger partial charge in [0.25, 0.3) is 0 Å². The first-order valence-electron chi connectivity index (χ1n) is 6.29. The molecule has 0 aliphatic rings. The van der Waals surface area contributed by atoms with E-state index in [-0.39, 0.29) is 4.90 Å². The lowest BCUT2D eigenvalue weighted by Crippen LogP contribution is -2.27. The quantitative estimate of drug-likeness (QED) is 0.700. The fourth-order valence-corrected chi connectivity index (χ4v) is 2.89. The number of imidazole rings is 1. The maximum absolute atomic E-state index is 12.2. The van der Waals surface area contributed by atoms with Gasteiger partial charge in [0.2, 0.25) is 10.0 Å². The van der Waals surface area contributed by atoms with Crippen LogP contribution >= 0.6 is 0 Å². The molecular weight excluding hydrogens is 278 g/mol. The van der Waals surface area contributed by atoms with Gasteiger partial charge in [-0.25, -0.2) is 23.1 Å². The second-order valence-corrected chi connectivity index (χ2v) is 5.84. The van der Waals surface area contributed by atoms with E-state index in [1.807, 2.05) is 6.92 Å². The van der Waals surface area contributed by atoms with Gasteiger partial charge in [-0.05, 0) is 19.1 Å². The van der Waals surface area contributed by atoms with Gasteiger partial charge < -0.3 is 10.3 Å². The third-order valence-electron chi connectivity index (χ3n) is 2.65. The average molecular weight is 295 g/mol. The lowest BCUT2D eigenvalue weighted by molar-refractivity contribution is 0.581. The second kappa shape index (κ2) is 6.49. The largest absolute Gasteiger partial charge is 0.369 e. The molecule has 0 fully saturated rings. The number of nitrogens with zero attached hydrogens (tertiary/aromatic N) is 2. The Morgan fingerprint density at radius 2 is 2.25 bits per heavy atom. The molecule has 0 aromatic carbocycles. The van der Waals surface area contributed by atoms with Crippen molar-refractivity contribution in [2.45, 2.75) is 18.2 Å². The van der Waals surface area contributed by atoms with Crippen LogP contribution in [0.15, 0.2) is 35.7 Å². The Balaban J connectivity index is 2.06. The number of anilines is 1. The van der Waals surface area contributed by atoms with Crippen molar-refractivity contribution in [1.29, 1.82) is 0 Å². The highest BCUT2D eigenvalue weighted by molar-refractivity contribution is 7.89. The molecule has 0 bridgehead atoms. The highest BCUT2D eigenvalue weighted by Crippen LogP contribution is 2.17. The maximum Gasteiger partial charge on any atom is 0.244 e. The minimum Gasteiger partial charge on any atom is -0.369 e. The third kappa shape index (κ3) is 3.55. The van der Waals surface area contributed by atoms with Gasteiger partial charge in [-0.1, -0.05) is 0 Å². The van der Waals surface area contributed by atoms with Crippen LogP contribution in [0.2, 0.25) is 0 Å². The van der Waals surface area contributed by atoms with Crippen molar-refractivity contribution >= 4 is 15.8 Å². The van der Waals surface area contributed by atoms with Gasteiger partial charge in [0, 0.05) is 37.6 Å². The van der Waals surface area contributed by atoms with Crippen molar-refractivity contribution in [1.82, 2.24) is 19.7 Å². The highest BCUT2D eigenvalue weighted by atomic mass is 32.2. The molecule has 2 aromatic rings. The lowest BCUT2D eigenvalue weighted by atomic mass is 10.3. The first-order chi connectivity index (χ1) is 9.63.